The second-order valence-electron chi connectivity index (χ2n) is 5.75. The van der Waals surface area contributed by atoms with Crippen molar-refractivity contribution in [3.63, 3.8) is 0 Å². The molecule has 0 atom stereocenters. The highest BCUT2D eigenvalue weighted by atomic mass is 19.1. The van der Waals surface area contributed by atoms with Crippen LogP contribution in [0.1, 0.15) is 18.4 Å². The molecule has 0 aromatic heterocycles. The summed E-state index contributed by atoms with van der Waals surface area (Å²) in [6.07, 6.45) is 6.51. The van der Waals surface area contributed by atoms with Gasteiger partial charge in [0.25, 0.3) is 0 Å². The van der Waals surface area contributed by atoms with E-state index in [0.29, 0.717) is 22.7 Å². The minimum atomic E-state index is -0.420. The standard InChI is InChI=1S/C21H20FN3O4/c1-3-12-29-18-9-4-15(13-19(18)28-2)14-23-25-21(27)11-10-20(26)24-17-7-5-16(22)6-8-17/h1,4-9,13-14H,10-12H2,2H3,(H,24,26)(H,25,27). The van der Waals surface area contributed by atoms with Crippen LogP contribution in [0.3, 0.4) is 0 Å². The number of nitrogens with one attached hydrogen (secondary N) is 2. The molecule has 0 fully saturated rings. The highest BCUT2D eigenvalue weighted by molar-refractivity contribution is 5.93. The Kier molecular flexibility index (Phi) is 8.20. The quantitative estimate of drug-likeness (QED) is 0.387. The Morgan fingerprint density at radius 2 is 1.86 bits per heavy atom. The lowest BCUT2D eigenvalue weighted by Gasteiger charge is -2.09. The normalized spacial score (nSPS) is 10.2. The zero-order valence-electron chi connectivity index (χ0n) is 15.8. The van der Waals surface area contributed by atoms with E-state index in [-0.39, 0.29) is 25.4 Å². The summed E-state index contributed by atoms with van der Waals surface area (Å²) in [7, 11) is 1.50. The molecule has 29 heavy (non-hydrogen) atoms. The molecular formula is C21H20FN3O4. The smallest absolute Gasteiger partial charge is 0.240 e. The molecule has 0 bridgehead atoms. The number of methoxy groups -OCH3 is 1. The van der Waals surface area contributed by atoms with Crippen LogP contribution in [0.25, 0.3) is 0 Å². The zero-order chi connectivity index (χ0) is 21.1. The van der Waals surface area contributed by atoms with Gasteiger partial charge in [0.15, 0.2) is 11.5 Å². The average Bonchev–Trinajstić information content (AvgIpc) is 2.72. The molecule has 2 aromatic carbocycles. The molecule has 0 unspecified atom stereocenters. The van der Waals surface area contributed by atoms with Crippen LogP contribution in [0.15, 0.2) is 47.6 Å². The van der Waals surface area contributed by atoms with Crippen molar-refractivity contribution in [2.45, 2.75) is 12.8 Å². The summed E-state index contributed by atoms with van der Waals surface area (Å²) < 4.78 is 23.4. The third-order valence-corrected chi connectivity index (χ3v) is 3.61. The monoisotopic (exact) mass is 397 g/mol. The van der Waals surface area contributed by atoms with Crippen molar-refractivity contribution in [3.05, 3.63) is 53.8 Å². The number of amides is 2. The summed E-state index contributed by atoms with van der Waals surface area (Å²) in [6, 6.07) is 10.4. The summed E-state index contributed by atoms with van der Waals surface area (Å²) in [5.41, 5.74) is 3.47. The zero-order valence-corrected chi connectivity index (χ0v) is 15.8. The molecule has 0 aliphatic heterocycles. The summed E-state index contributed by atoms with van der Waals surface area (Å²) in [4.78, 5) is 23.6. The number of rotatable bonds is 9. The van der Waals surface area contributed by atoms with Gasteiger partial charge in [-0.25, -0.2) is 9.82 Å². The Balaban J connectivity index is 1.79. The highest BCUT2D eigenvalue weighted by Crippen LogP contribution is 2.27. The molecule has 0 radical (unpaired) electrons. The number of anilines is 1. The fourth-order valence-corrected chi connectivity index (χ4v) is 2.22. The topological polar surface area (TPSA) is 89.0 Å². The Hall–Kier alpha value is -3.86. The first-order valence-electron chi connectivity index (χ1n) is 8.63. The van der Waals surface area contributed by atoms with E-state index in [2.05, 4.69) is 21.8 Å². The first kappa shape index (κ1) is 21.4. The SMILES string of the molecule is C#CCOc1ccc(C=NNC(=O)CCC(=O)Nc2ccc(F)cc2)cc1OC. The Labute approximate surface area is 167 Å². The van der Waals surface area contributed by atoms with Crippen LogP contribution < -0.4 is 20.2 Å². The van der Waals surface area contributed by atoms with Crippen LogP contribution in [-0.4, -0.2) is 31.7 Å². The number of carbonyl (C=O) groups is 2. The molecule has 8 heteroatoms. The van der Waals surface area contributed by atoms with Gasteiger partial charge in [-0.3, -0.25) is 9.59 Å². The van der Waals surface area contributed by atoms with Crippen LogP contribution in [0.2, 0.25) is 0 Å². The van der Waals surface area contributed by atoms with Crippen LogP contribution in [-0.2, 0) is 9.59 Å². The van der Waals surface area contributed by atoms with Gasteiger partial charge in [0.1, 0.15) is 12.4 Å². The second-order valence-corrected chi connectivity index (χ2v) is 5.75. The minimum absolute atomic E-state index is 0.0340. The van der Waals surface area contributed by atoms with Crippen LogP contribution in [0, 0.1) is 18.2 Å². The van der Waals surface area contributed by atoms with Gasteiger partial charge in [0.05, 0.1) is 13.3 Å². The van der Waals surface area contributed by atoms with Crippen LogP contribution >= 0.6 is 0 Å². The van der Waals surface area contributed by atoms with Crippen molar-refractivity contribution in [3.8, 4) is 23.8 Å². The Bertz CT molecular complexity index is 921. The number of benzene rings is 2. The molecular weight excluding hydrogens is 377 g/mol. The molecule has 0 heterocycles. The van der Waals surface area contributed by atoms with Crippen molar-refractivity contribution >= 4 is 23.7 Å². The van der Waals surface area contributed by atoms with Crippen LogP contribution in [0.5, 0.6) is 11.5 Å². The lowest BCUT2D eigenvalue weighted by Crippen LogP contribution is -2.20. The number of hydrazone groups is 1. The number of hydrogen-bond acceptors (Lipinski definition) is 5. The third-order valence-electron chi connectivity index (χ3n) is 3.61. The van der Waals surface area contributed by atoms with Gasteiger partial charge in [-0.15, -0.1) is 6.42 Å². The largest absolute Gasteiger partial charge is 0.493 e. The van der Waals surface area contributed by atoms with E-state index < -0.39 is 11.7 Å². The van der Waals surface area contributed by atoms with Crippen molar-refractivity contribution < 1.29 is 23.5 Å². The summed E-state index contributed by atoms with van der Waals surface area (Å²) in [5.74, 6) is 2.17. The van der Waals surface area contributed by atoms with E-state index >= 15 is 0 Å². The number of carbonyl (C=O) groups excluding carboxylic acids is 2. The first-order chi connectivity index (χ1) is 14.0. The van der Waals surface area contributed by atoms with Gasteiger partial charge in [-0.05, 0) is 48.0 Å². The van der Waals surface area contributed by atoms with Gasteiger partial charge in [0, 0.05) is 18.5 Å². The van der Waals surface area contributed by atoms with E-state index in [0.717, 1.165) is 0 Å². The lowest BCUT2D eigenvalue weighted by atomic mass is 10.2. The maximum absolute atomic E-state index is 12.8. The first-order valence-corrected chi connectivity index (χ1v) is 8.63. The fourth-order valence-electron chi connectivity index (χ4n) is 2.22. The number of ether oxygens (including phenoxy) is 2. The predicted molar refractivity (Wildman–Crippen MR) is 107 cm³/mol. The maximum Gasteiger partial charge on any atom is 0.240 e. The third kappa shape index (κ3) is 7.34. The summed E-state index contributed by atoms with van der Waals surface area (Å²) in [6.45, 7) is 0.120. The van der Waals surface area contributed by atoms with Crippen molar-refractivity contribution in [2.24, 2.45) is 5.10 Å². The van der Waals surface area contributed by atoms with Gasteiger partial charge in [-0.2, -0.15) is 5.10 Å². The molecule has 2 N–H and O–H groups in total. The molecule has 0 aliphatic rings. The molecule has 2 aromatic rings. The van der Waals surface area contributed by atoms with Crippen molar-refractivity contribution in [2.75, 3.05) is 19.0 Å². The highest BCUT2D eigenvalue weighted by Gasteiger charge is 2.07. The fraction of sp³-hybridized carbons (Fsp3) is 0.190. The van der Waals surface area contributed by atoms with Gasteiger partial charge in [0.2, 0.25) is 11.8 Å². The lowest BCUT2D eigenvalue weighted by molar-refractivity contribution is -0.124. The molecule has 2 amide bonds. The second kappa shape index (κ2) is 11.1. The maximum atomic E-state index is 12.8. The molecule has 0 spiro atoms. The van der Waals surface area contributed by atoms with Crippen LogP contribution in [0.4, 0.5) is 10.1 Å². The van der Waals surface area contributed by atoms with Crippen molar-refractivity contribution in [1.29, 1.82) is 0 Å². The van der Waals surface area contributed by atoms with E-state index in [1.54, 1.807) is 18.2 Å². The number of hydrogen-bond donors (Lipinski definition) is 2. The van der Waals surface area contributed by atoms with E-state index in [9.17, 15) is 14.0 Å². The van der Waals surface area contributed by atoms with E-state index in [1.807, 2.05) is 0 Å². The molecule has 7 nitrogen and oxygen atoms in total. The predicted octanol–water partition coefficient (Wildman–Crippen LogP) is 2.72. The molecule has 150 valence electrons. The number of terminal acetylenes is 1. The Morgan fingerprint density at radius 3 is 2.55 bits per heavy atom. The van der Waals surface area contributed by atoms with Gasteiger partial charge >= 0.3 is 0 Å². The van der Waals surface area contributed by atoms with Crippen molar-refractivity contribution in [1.82, 2.24) is 5.43 Å². The number of halogens is 1. The average molecular weight is 397 g/mol. The van der Waals surface area contributed by atoms with E-state index in [1.165, 1.54) is 37.6 Å². The Morgan fingerprint density at radius 1 is 1.14 bits per heavy atom. The molecule has 2 rings (SSSR count). The van der Waals surface area contributed by atoms with E-state index in [4.69, 9.17) is 15.9 Å². The summed E-state index contributed by atoms with van der Waals surface area (Å²) >= 11 is 0. The molecule has 0 saturated heterocycles. The number of nitrogens with zero attached hydrogens (tertiary/aromatic N) is 1. The molecule has 0 aliphatic carbocycles. The van der Waals surface area contributed by atoms with Gasteiger partial charge < -0.3 is 14.8 Å². The minimum Gasteiger partial charge on any atom is -0.493 e. The van der Waals surface area contributed by atoms with Gasteiger partial charge in [-0.1, -0.05) is 5.92 Å². The summed E-state index contributed by atoms with van der Waals surface area (Å²) in [5, 5.41) is 6.43. The molecule has 0 saturated carbocycles.